The molecule has 2 aromatic rings. The summed E-state index contributed by atoms with van der Waals surface area (Å²) in [6, 6.07) is -5.32. The number of hydrogen-bond donors (Lipinski definition) is 9. The monoisotopic (exact) mass is 510 g/mol. The van der Waals surface area contributed by atoms with Crippen molar-refractivity contribution in [1.29, 1.82) is 0 Å². The van der Waals surface area contributed by atoms with E-state index in [1.165, 1.54) is 25.0 Å². The summed E-state index contributed by atoms with van der Waals surface area (Å²) in [5.41, 5.74) is 6.84. The summed E-state index contributed by atoms with van der Waals surface area (Å²) in [5.74, 6) is -5.58. The molecule has 0 fully saturated rings. The fraction of sp³-hybridized carbons (Fsp3) is 0.421. The number of nitrogens with two attached hydrogens (primary N) is 1. The number of H-pyrrole nitrogens is 2. The molecule has 9 N–H and O–H groups in total. The molecule has 16 heteroatoms. The van der Waals surface area contributed by atoms with Gasteiger partial charge in [0.1, 0.15) is 18.1 Å². The van der Waals surface area contributed by atoms with Gasteiger partial charge in [-0.3, -0.25) is 19.2 Å². The van der Waals surface area contributed by atoms with Crippen LogP contribution in [0.2, 0.25) is 0 Å². The Kier molecular flexibility index (Phi) is 10.2. The Hall–Kier alpha value is -3.92. The molecule has 15 nitrogen and oxygen atoms in total. The highest BCUT2D eigenvalue weighted by molar-refractivity contribution is 7.80. The molecule has 0 aromatic carbocycles. The van der Waals surface area contributed by atoms with Crippen molar-refractivity contribution in [2.75, 3.05) is 5.75 Å². The Morgan fingerprint density at radius 3 is 1.86 bits per heavy atom. The highest BCUT2D eigenvalue weighted by Gasteiger charge is 2.31. The van der Waals surface area contributed by atoms with Crippen LogP contribution < -0.4 is 21.7 Å². The molecule has 4 unspecified atom stereocenters. The van der Waals surface area contributed by atoms with Crippen molar-refractivity contribution in [2.24, 2.45) is 5.73 Å². The maximum atomic E-state index is 12.7. The molecule has 0 aliphatic rings. The largest absolute Gasteiger partial charge is 0.481 e. The molecule has 4 atom stereocenters. The van der Waals surface area contributed by atoms with Gasteiger partial charge in [0.05, 0.1) is 25.1 Å². The summed E-state index contributed by atoms with van der Waals surface area (Å²) in [6.45, 7) is 0. The summed E-state index contributed by atoms with van der Waals surface area (Å²) in [6.07, 6.45) is 4.78. The van der Waals surface area contributed by atoms with E-state index < -0.39 is 60.2 Å². The fourth-order valence-electron chi connectivity index (χ4n) is 2.94. The van der Waals surface area contributed by atoms with Crippen LogP contribution in [0.25, 0.3) is 0 Å². The molecule has 0 saturated heterocycles. The minimum atomic E-state index is -1.55. The number of carbonyl (C=O) groups excluding carboxylic acids is 3. The molecule has 0 aliphatic carbocycles. The van der Waals surface area contributed by atoms with Gasteiger partial charge in [0.2, 0.25) is 17.7 Å². The van der Waals surface area contributed by atoms with E-state index in [2.05, 4.69) is 48.5 Å². The van der Waals surface area contributed by atoms with Crippen LogP contribution in [0.4, 0.5) is 0 Å². The highest BCUT2D eigenvalue weighted by atomic mass is 32.1. The lowest BCUT2D eigenvalue weighted by Gasteiger charge is -2.23. The van der Waals surface area contributed by atoms with Crippen molar-refractivity contribution < 1.29 is 34.2 Å². The van der Waals surface area contributed by atoms with Crippen molar-refractivity contribution >= 4 is 42.3 Å². The fourth-order valence-corrected chi connectivity index (χ4v) is 3.20. The van der Waals surface area contributed by atoms with Crippen molar-refractivity contribution in [3.05, 3.63) is 36.4 Å². The van der Waals surface area contributed by atoms with Crippen LogP contribution >= 0.6 is 12.6 Å². The second-order valence-electron chi connectivity index (χ2n) is 7.47. The molecule has 2 aromatic heterocycles. The van der Waals surface area contributed by atoms with Crippen LogP contribution in [0.15, 0.2) is 25.0 Å². The Morgan fingerprint density at radius 2 is 1.37 bits per heavy atom. The molecule has 0 saturated carbocycles. The Labute approximate surface area is 204 Å². The van der Waals surface area contributed by atoms with Gasteiger partial charge in [-0.1, -0.05) is 0 Å². The third kappa shape index (κ3) is 8.74. The van der Waals surface area contributed by atoms with Gasteiger partial charge in [-0.15, -0.1) is 0 Å². The number of amides is 3. The van der Waals surface area contributed by atoms with E-state index in [0.717, 1.165) is 0 Å². The zero-order chi connectivity index (χ0) is 26.0. The quantitative estimate of drug-likeness (QED) is 0.118. The molecular formula is C19H26N8O7S. The third-order valence-electron chi connectivity index (χ3n) is 4.75. The van der Waals surface area contributed by atoms with Gasteiger partial charge in [-0.2, -0.15) is 12.6 Å². The van der Waals surface area contributed by atoms with Gasteiger partial charge in [-0.25, -0.2) is 14.8 Å². The number of nitrogens with one attached hydrogen (secondary N) is 5. The lowest BCUT2D eigenvalue weighted by molar-refractivity contribution is -0.143. The van der Waals surface area contributed by atoms with Crippen LogP contribution in [0.1, 0.15) is 17.8 Å². The number of carboxylic acid groups (broad SMARTS) is 2. The second-order valence-corrected chi connectivity index (χ2v) is 7.84. The zero-order valence-corrected chi connectivity index (χ0v) is 19.2. The molecule has 35 heavy (non-hydrogen) atoms. The van der Waals surface area contributed by atoms with Gasteiger partial charge in [0, 0.05) is 42.4 Å². The van der Waals surface area contributed by atoms with Crippen molar-refractivity contribution in [3.63, 3.8) is 0 Å². The minimum absolute atomic E-state index is 0.0574. The number of nitrogens with zero attached hydrogens (tertiary/aromatic N) is 2. The van der Waals surface area contributed by atoms with Crippen LogP contribution in [0, 0.1) is 0 Å². The van der Waals surface area contributed by atoms with E-state index in [4.69, 9.17) is 10.8 Å². The third-order valence-corrected chi connectivity index (χ3v) is 5.12. The molecule has 3 amide bonds. The molecule has 0 aliphatic heterocycles. The Balaban J connectivity index is 2.02. The predicted octanol–water partition coefficient (Wildman–Crippen LogP) is -2.81. The van der Waals surface area contributed by atoms with E-state index in [1.54, 1.807) is 0 Å². The first-order valence-corrected chi connectivity index (χ1v) is 10.9. The Bertz CT molecular complexity index is 1010. The maximum Gasteiger partial charge on any atom is 0.326 e. The smallest absolute Gasteiger partial charge is 0.326 e. The van der Waals surface area contributed by atoms with E-state index in [0.29, 0.717) is 11.4 Å². The zero-order valence-electron chi connectivity index (χ0n) is 18.3. The lowest BCUT2D eigenvalue weighted by Crippen LogP contribution is -2.58. The minimum Gasteiger partial charge on any atom is -0.481 e. The molecule has 0 spiro atoms. The highest BCUT2D eigenvalue weighted by Crippen LogP contribution is 2.03. The first-order valence-electron chi connectivity index (χ1n) is 10.3. The number of hydrogen-bond acceptors (Lipinski definition) is 9. The molecule has 0 bridgehead atoms. The van der Waals surface area contributed by atoms with Crippen LogP contribution in [-0.4, -0.2) is 89.7 Å². The first-order chi connectivity index (χ1) is 16.6. The summed E-state index contributed by atoms with van der Waals surface area (Å²) in [5, 5.41) is 25.4. The van der Waals surface area contributed by atoms with E-state index >= 15 is 0 Å². The van der Waals surface area contributed by atoms with Gasteiger partial charge in [0.15, 0.2) is 0 Å². The summed E-state index contributed by atoms with van der Waals surface area (Å²) in [7, 11) is 0. The second kappa shape index (κ2) is 13.1. The number of carboxylic acids is 2. The van der Waals surface area contributed by atoms with Crippen molar-refractivity contribution in [2.45, 2.75) is 43.4 Å². The summed E-state index contributed by atoms with van der Waals surface area (Å²) in [4.78, 5) is 73.6. The number of aromatic amines is 2. The molecule has 190 valence electrons. The summed E-state index contributed by atoms with van der Waals surface area (Å²) >= 11 is 4.01. The van der Waals surface area contributed by atoms with Crippen LogP contribution in [0.3, 0.4) is 0 Å². The van der Waals surface area contributed by atoms with Crippen molar-refractivity contribution in [1.82, 2.24) is 35.9 Å². The number of aliphatic carboxylic acids is 2. The molecule has 0 radical (unpaired) electrons. The number of imidazole rings is 2. The van der Waals surface area contributed by atoms with Gasteiger partial charge >= 0.3 is 11.9 Å². The average molecular weight is 511 g/mol. The lowest BCUT2D eigenvalue weighted by atomic mass is 10.1. The SMILES string of the molecule is NC(Cc1cnc[nH]1)C(=O)NC(CC(=O)O)C(=O)NC(CS)C(=O)NC(Cc1cnc[nH]1)C(=O)O. The van der Waals surface area contributed by atoms with E-state index in [9.17, 15) is 29.1 Å². The first kappa shape index (κ1) is 27.3. The normalized spacial score (nSPS) is 14.2. The number of carbonyl (C=O) groups is 5. The number of aromatic nitrogens is 4. The summed E-state index contributed by atoms with van der Waals surface area (Å²) < 4.78 is 0. The molecule has 2 heterocycles. The molecular weight excluding hydrogens is 484 g/mol. The molecule has 2 rings (SSSR count). The number of rotatable bonds is 14. The average Bonchev–Trinajstić information content (AvgIpc) is 3.50. The number of thiol groups is 1. The maximum absolute atomic E-state index is 12.7. The van der Waals surface area contributed by atoms with Crippen molar-refractivity contribution in [3.8, 4) is 0 Å². The standard InChI is InChI=1S/C19H26N8O7S/c20-11(1-9-4-21-7-23-9)16(30)25-12(3-15(28)29)17(31)27-14(6-35)18(32)26-13(19(33)34)2-10-5-22-8-24-10/h4-5,7-8,11-14,35H,1-3,6,20H2,(H,21,23)(H,22,24)(H,25,30)(H,26,32)(H,27,31)(H,28,29)(H,33,34). The predicted molar refractivity (Wildman–Crippen MR) is 122 cm³/mol. The topological polar surface area (TPSA) is 245 Å². The van der Waals surface area contributed by atoms with E-state index in [1.807, 2.05) is 0 Å². The van der Waals surface area contributed by atoms with Crippen LogP contribution in [-0.2, 0) is 36.8 Å². The van der Waals surface area contributed by atoms with E-state index in [-0.39, 0.29) is 18.6 Å². The van der Waals surface area contributed by atoms with Gasteiger partial charge in [-0.05, 0) is 0 Å². The Morgan fingerprint density at radius 1 is 0.857 bits per heavy atom. The van der Waals surface area contributed by atoms with Crippen LogP contribution in [0.5, 0.6) is 0 Å². The van der Waals surface area contributed by atoms with Gasteiger partial charge < -0.3 is 41.9 Å². The van der Waals surface area contributed by atoms with Gasteiger partial charge in [0.25, 0.3) is 0 Å².